The lowest BCUT2D eigenvalue weighted by atomic mass is 10.2. The molecule has 0 atom stereocenters. The van der Waals surface area contributed by atoms with Gasteiger partial charge in [0.05, 0.1) is 0 Å². The Hall–Kier alpha value is -2.37. The highest BCUT2D eigenvalue weighted by molar-refractivity contribution is 7.71. The first-order valence-electron chi connectivity index (χ1n) is 5.71. The van der Waals surface area contributed by atoms with Gasteiger partial charge >= 0.3 is 14.7 Å². The van der Waals surface area contributed by atoms with Crippen LogP contribution in [0.4, 0.5) is 0 Å². The van der Waals surface area contributed by atoms with Crippen LogP contribution in [0.3, 0.4) is 0 Å². The standard InChI is InChI=1S/C11N2O6S3/c20-9-14-3-1-2(13-8-7(12-1)18-11(22)19-8)4-6(5(3)16-9)17-10(21)15-4. The Kier molecular flexibility index (Phi) is 2.15. The molecule has 11 heteroatoms. The van der Waals surface area contributed by atoms with Crippen molar-refractivity contribution in [2.45, 2.75) is 0 Å². The molecule has 0 N–H and O–H groups in total. The lowest BCUT2D eigenvalue weighted by Crippen LogP contribution is -1.86. The quantitative estimate of drug-likeness (QED) is 0.357. The first-order valence-corrected chi connectivity index (χ1v) is 6.93. The molecule has 4 aromatic heterocycles. The van der Waals surface area contributed by atoms with Crippen LogP contribution < -0.4 is 0 Å². The number of benzene rings is 1. The minimum Gasteiger partial charge on any atom is -0.411 e. The van der Waals surface area contributed by atoms with Crippen LogP contribution >= 0.6 is 36.7 Å². The van der Waals surface area contributed by atoms with Gasteiger partial charge in [-0.05, 0) is 0 Å². The molecule has 0 unspecified atom stereocenters. The first-order chi connectivity index (χ1) is 10.6. The highest BCUT2D eigenvalue weighted by Gasteiger charge is 2.23. The summed E-state index contributed by atoms with van der Waals surface area (Å²) in [5.41, 5.74) is 1.76. The van der Waals surface area contributed by atoms with Crippen molar-refractivity contribution in [3.8, 4) is 0 Å². The van der Waals surface area contributed by atoms with Gasteiger partial charge in [0.25, 0.3) is 11.4 Å². The largest absolute Gasteiger partial charge is 0.411 e. The van der Waals surface area contributed by atoms with Gasteiger partial charge in [0.15, 0.2) is 0 Å². The van der Waals surface area contributed by atoms with Gasteiger partial charge in [0, 0.05) is 36.7 Å². The number of aromatic nitrogens is 2. The summed E-state index contributed by atoms with van der Waals surface area (Å²) in [6, 6.07) is 0. The van der Waals surface area contributed by atoms with E-state index in [0.29, 0.717) is 11.0 Å². The van der Waals surface area contributed by atoms with Crippen LogP contribution in [-0.2, 0) is 0 Å². The SMILES string of the molecule is S=c1oc2nc3c(nc2o1)c1oc(=S)oc1c1oc(=S)oc31. The molecule has 0 aliphatic carbocycles. The third-order valence-electron chi connectivity index (χ3n) is 2.98. The molecule has 0 aliphatic rings. The number of hydrogen-bond acceptors (Lipinski definition) is 11. The fourth-order valence-electron chi connectivity index (χ4n) is 2.20. The van der Waals surface area contributed by atoms with Gasteiger partial charge < -0.3 is 26.5 Å². The van der Waals surface area contributed by atoms with E-state index in [1.165, 1.54) is 0 Å². The molecule has 0 fully saturated rings. The highest BCUT2D eigenvalue weighted by Crippen LogP contribution is 2.36. The predicted molar refractivity (Wildman–Crippen MR) is 78.2 cm³/mol. The normalized spacial score (nSPS) is 12.2. The second kappa shape index (κ2) is 3.88. The Balaban J connectivity index is 2.23. The summed E-state index contributed by atoms with van der Waals surface area (Å²) >= 11 is 14.6. The summed E-state index contributed by atoms with van der Waals surface area (Å²) in [7, 11) is 0. The summed E-state index contributed by atoms with van der Waals surface area (Å²) in [5, 5.41) is 0. The maximum atomic E-state index is 5.37. The van der Waals surface area contributed by atoms with Crippen LogP contribution in [0.2, 0.25) is 0 Å². The molecule has 0 saturated heterocycles. The summed E-state index contributed by atoms with van der Waals surface area (Å²) < 4.78 is 31.7. The Labute approximate surface area is 132 Å². The van der Waals surface area contributed by atoms with Crippen LogP contribution in [0.25, 0.3) is 44.8 Å². The average molecular weight is 352 g/mol. The van der Waals surface area contributed by atoms with Gasteiger partial charge in [-0.1, -0.05) is 0 Å². The lowest BCUT2D eigenvalue weighted by Gasteiger charge is -1.95. The second-order valence-electron chi connectivity index (χ2n) is 4.21. The average Bonchev–Trinajstić information content (AvgIpc) is 3.11. The fourth-order valence-corrected chi connectivity index (χ4v) is 2.70. The van der Waals surface area contributed by atoms with E-state index in [-0.39, 0.29) is 48.5 Å². The molecule has 108 valence electrons. The van der Waals surface area contributed by atoms with E-state index in [4.69, 9.17) is 63.2 Å². The summed E-state index contributed by atoms with van der Waals surface area (Å²) in [6.45, 7) is 0. The van der Waals surface area contributed by atoms with Crippen molar-refractivity contribution in [1.82, 2.24) is 9.97 Å². The van der Waals surface area contributed by atoms with E-state index in [9.17, 15) is 0 Å². The smallest absolute Gasteiger partial charge is 0.366 e. The van der Waals surface area contributed by atoms with Crippen LogP contribution in [0.5, 0.6) is 0 Å². The van der Waals surface area contributed by atoms with Gasteiger partial charge in [-0.15, -0.1) is 0 Å². The minimum absolute atomic E-state index is 0.0962. The van der Waals surface area contributed by atoms with Crippen LogP contribution in [-0.4, -0.2) is 9.97 Å². The molecular formula is C11N2O6S3. The molecule has 0 spiro atoms. The predicted octanol–water partition coefficient (Wildman–Crippen LogP) is 4.84. The third-order valence-corrected chi connectivity index (χ3v) is 3.48. The molecule has 0 saturated carbocycles. The zero-order valence-electron chi connectivity index (χ0n) is 10.1. The van der Waals surface area contributed by atoms with Crippen molar-refractivity contribution in [2.75, 3.05) is 0 Å². The van der Waals surface area contributed by atoms with E-state index in [1.54, 1.807) is 0 Å². The molecule has 0 aliphatic heterocycles. The molecule has 0 radical (unpaired) electrons. The van der Waals surface area contributed by atoms with E-state index < -0.39 is 0 Å². The first kappa shape index (κ1) is 12.2. The van der Waals surface area contributed by atoms with Crippen molar-refractivity contribution < 1.29 is 26.5 Å². The van der Waals surface area contributed by atoms with E-state index in [1.807, 2.05) is 0 Å². The molecule has 22 heavy (non-hydrogen) atoms. The maximum absolute atomic E-state index is 5.37. The van der Waals surface area contributed by atoms with E-state index >= 15 is 0 Å². The molecule has 5 rings (SSSR count). The van der Waals surface area contributed by atoms with Gasteiger partial charge in [0.2, 0.25) is 22.3 Å². The Morgan fingerprint density at radius 3 is 1.32 bits per heavy atom. The lowest BCUT2D eigenvalue weighted by molar-refractivity contribution is 0.433. The number of rotatable bonds is 0. The van der Waals surface area contributed by atoms with Crippen LogP contribution in [0.1, 0.15) is 0 Å². The molecule has 8 nitrogen and oxygen atoms in total. The van der Waals surface area contributed by atoms with Gasteiger partial charge in [-0.3, -0.25) is 0 Å². The number of hydrogen-bond donors (Lipinski definition) is 0. The van der Waals surface area contributed by atoms with Crippen molar-refractivity contribution in [2.24, 2.45) is 0 Å². The second-order valence-corrected chi connectivity index (χ2v) is 5.21. The maximum Gasteiger partial charge on any atom is 0.366 e. The topological polar surface area (TPSA) is 105 Å². The Bertz CT molecular complexity index is 1290. The van der Waals surface area contributed by atoms with E-state index in [2.05, 4.69) is 9.97 Å². The highest BCUT2D eigenvalue weighted by atomic mass is 32.1. The molecule has 4 heterocycles. The number of fused-ring (bicyclic) bond motifs is 7. The van der Waals surface area contributed by atoms with Crippen molar-refractivity contribution in [1.29, 1.82) is 0 Å². The van der Waals surface area contributed by atoms with Gasteiger partial charge in [0.1, 0.15) is 11.0 Å². The zero-order chi connectivity index (χ0) is 15.0. The fraction of sp³-hybridized carbons (Fsp3) is 0. The van der Waals surface area contributed by atoms with Crippen molar-refractivity contribution in [3.63, 3.8) is 0 Å². The van der Waals surface area contributed by atoms with Gasteiger partial charge in [-0.25, -0.2) is 9.97 Å². The molecule has 0 amide bonds. The van der Waals surface area contributed by atoms with Crippen LogP contribution in [0, 0.1) is 14.7 Å². The Morgan fingerprint density at radius 1 is 0.500 bits per heavy atom. The van der Waals surface area contributed by atoms with Crippen LogP contribution in [0.15, 0.2) is 26.5 Å². The summed E-state index contributed by atoms with van der Waals surface area (Å²) in [6.07, 6.45) is 0. The van der Waals surface area contributed by atoms with Gasteiger partial charge in [-0.2, -0.15) is 0 Å². The molecule has 1 aromatic carbocycles. The zero-order valence-corrected chi connectivity index (χ0v) is 12.5. The number of nitrogens with zero attached hydrogens (tertiary/aromatic N) is 2. The molecular weight excluding hydrogens is 352 g/mol. The van der Waals surface area contributed by atoms with Crippen molar-refractivity contribution in [3.05, 3.63) is 14.7 Å². The third kappa shape index (κ3) is 1.47. The van der Waals surface area contributed by atoms with E-state index in [0.717, 1.165) is 0 Å². The summed E-state index contributed by atoms with van der Waals surface area (Å²) in [5.74, 6) is 0. The molecule has 0 bridgehead atoms. The monoisotopic (exact) mass is 352 g/mol. The summed E-state index contributed by atoms with van der Waals surface area (Å²) in [4.78, 5) is 8.26. The molecule has 5 aromatic rings. The van der Waals surface area contributed by atoms with Crippen molar-refractivity contribution >= 4 is 81.4 Å². The Morgan fingerprint density at radius 2 is 0.864 bits per heavy atom. The minimum atomic E-state index is -0.0982.